The van der Waals surface area contributed by atoms with Gasteiger partial charge in [0, 0.05) is 38.7 Å². The molecule has 3 aromatic carbocycles. The van der Waals surface area contributed by atoms with Crippen molar-refractivity contribution in [2.45, 2.75) is 19.3 Å². The van der Waals surface area contributed by atoms with Crippen LogP contribution < -0.4 is 10.1 Å². The standard InChI is InChI=1S/C22H20BrCl2NO2/c23-18-7-9-22(28-14-16-6-8-19(24)11-20(16)25)17(10-18)12-26-13-21(27)15-4-2-1-3-5-15/h1-11,21,26-27H,12-14H2/t21-/m0/s1. The number of rotatable bonds is 8. The first-order chi connectivity index (χ1) is 13.5. The number of halogens is 3. The molecule has 0 aliphatic heterocycles. The molecule has 146 valence electrons. The largest absolute Gasteiger partial charge is 0.489 e. The van der Waals surface area contributed by atoms with Gasteiger partial charge in [-0.1, -0.05) is 75.5 Å². The van der Waals surface area contributed by atoms with E-state index in [1.807, 2.05) is 54.6 Å². The van der Waals surface area contributed by atoms with E-state index < -0.39 is 6.10 Å². The number of aliphatic hydroxyl groups excluding tert-OH is 1. The molecule has 0 spiro atoms. The van der Waals surface area contributed by atoms with Crippen molar-refractivity contribution in [1.82, 2.24) is 5.32 Å². The zero-order valence-corrected chi connectivity index (χ0v) is 18.1. The van der Waals surface area contributed by atoms with E-state index in [1.54, 1.807) is 12.1 Å². The Kier molecular flexibility index (Phi) is 7.77. The number of nitrogens with one attached hydrogen (secondary N) is 1. The van der Waals surface area contributed by atoms with Crippen LogP contribution >= 0.6 is 39.1 Å². The van der Waals surface area contributed by atoms with Crippen molar-refractivity contribution in [3.05, 3.63) is 97.9 Å². The van der Waals surface area contributed by atoms with Crippen LogP contribution in [0.1, 0.15) is 22.8 Å². The SMILES string of the molecule is O[C@@H](CNCc1cc(Br)ccc1OCc1ccc(Cl)cc1Cl)c1ccccc1. The van der Waals surface area contributed by atoms with E-state index in [0.717, 1.165) is 26.9 Å². The highest BCUT2D eigenvalue weighted by Gasteiger charge is 2.10. The molecule has 3 aromatic rings. The van der Waals surface area contributed by atoms with E-state index in [-0.39, 0.29) is 0 Å². The van der Waals surface area contributed by atoms with Crippen LogP contribution in [0.4, 0.5) is 0 Å². The Morgan fingerprint density at radius 3 is 2.50 bits per heavy atom. The first-order valence-electron chi connectivity index (χ1n) is 8.82. The van der Waals surface area contributed by atoms with Crippen LogP contribution in [-0.2, 0) is 13.2 Å². The molecule has 0 bridgehead atoms. The van der Waals surface area contributed by atoms with Gasteiger partial charge in [-0.2, -0.15) is 0 Å². The smallest absolute Gasteiger partial charge is 0.124 e. The highest BCUT2D eigenvalue weighted by molar-refractivity contribution is 9.10. The Bertz CT molecular complexity index is 922. The molecule has 0 heterocycles. The summed E-state index contributed by atoms with van der Waals surface area (Å²) in [6, 6.07) is 20.8. The summed E-state index contributed by atoms with van der Waals surface area (Å²) in [5.74, 6) is 0.760. The maximum absolute atomic E-state index is 10.3. The van der Waals surface area contributed by atoms with Crippen LogP contribution in [0.2, 0.25) is 10.0 Å². The lowest BCUT2D eigenvalue weighted by Gasteiger charge is -2.15. The molecule has 0 saturated heterocycles. The van der Waals surface area contributed by atoms with Gasteiger partial charge in [0.25, 0.3) is 0 Å². The van der Waals surface area contributed by atoms with Crippen LogP contribution in [0.25, 0.3) is 0 Å². The van der Waals surface area contributed by atoms with Crippen molar-refractivity contribution < 1.29 is 9.84 Å². The van der Waals surface area contributed by atoms with E-state index in [2.05, 4.69) is 21.2 Å². The fourth-order valence-electron chi connectivity index (χ4n) is 2.76. The average molecular weight is 481 g/mol. The number of hydrogen-bond donors (Lipinski definition) is 2. The van der Waals surface area contributed by atoms with E-state index in [1.165, 1.54) is 0 Å². The molecule has 0 aliphatic rings. The summed E-state index contributed by atoms with van der Waals surface area (Å²) in [7, 11) is 0. The Morgan fingerprint density at radius 2 is 1.75 bits per heavy atom. The molecule has 1 atom stereocenters. The topological polar surface area (TPSA) is 41.5 Å². The Morgan fingerprint density at radius 1 is 0.964 bits per heavy atom. The average Bonchev–Trinajstić information content (AvgIpc) is 2.69. The first kappa shape index (κ1) is 21.2. The molecule has 28 heavy (non-hydrogen) atoms. The van der Waals surface area contributed by atoms with Crippen molar-refractivity contribution in [2.24, 2.45) is 0 Å². The summed E-state index contributed by atoms with van der Waals surface area (Å²) < 4.78 is 6.95. The summed E-state index contributed by atoms with van der Waals surface area (Å²) in [4.78, 5) is 0. The zero-order chi connectivity index (χ0) is 19.9. The van der Waals surface area contributed by atoms with Gasteiger partial charge < -0.3 is 15.2 Å². The maximum atomic E-state index is 10.3. The highest BCUT2D eigenvalue weighted by atomic mass is 79.9. The van der Waals surface area contributed by atoms with Gasteiger partial charge in [0.2, 0.25) is 0 Å². The van der Waals surface area contributed by atoms with Gasteiger partial charge in [-0.25, -0.2) is 0 Å². The van der Waals surface area contributed by atoms with Gasteiger partial charge >= 0.3 is 0 Å². The molecule has 3 nitrogen and oxygen atoms in total. The maximum Gasteiger partial charge on any atom is 0.124 e. The fraction of sp³-hybridized carbons (Fsp3) is 0.182. The van der Waals surface area contributed by atoms with Gasteiger partial charge in [-0.3, -0.25) is 0 Å². The monoisotopic (exact) mass is 479 g/mol. The quantitative estimate of drug-likeness (QED) is 0.405. The van der Waals surface area contributed by atoms with E-state index in [4.69, 9.17) is 27.9 Å². The highest BCUT2D eigenvalue weighted by Crippen LogP contribution is 2.26. The third kappa shape index (κ3) is 5.97. The molecule has 3 rings (SSSR count). The summed E-state index contributed by atoms with van der Waals surface area (Å²) in [6.45, 7) is 1.35. The third-order valence-electron chi connectivity index (χ3n) is 4.26. The number of benzene rings is 3. The second kappa shape index (κ2) is 10.3. The minimum atomic E-state index is -0.564. The minimum Gasteiger partial charge on any atom is -0.489 e. The summed E-state index contributed by atoms with van der Waals surface area (Å²) in [6.07, 6.45) is -0.564. The fourth-order valence-corrected chi connectivity index (χ4v) is 3.63. The molecule has 6 heteroatoms. The van der Waals surface area contributed by atoms with Crippen molar-refractivity contribution in [1.29, 1.82) is 0 Å². The summed E-state index contributed by atoms with van der Waals surface area (Å²) in [5, 5.41) is 14.8. The lowest BCUT2D eigenvalue weighted by molar-refractivity contribution is 0.174. The zero-order valence-electron chi connectivity index (χ0n) is 15.0. The first-order valence-corrected chi connectivity index (χ1v) is 10.4. The molecule has 0 aliphatic carbocycles. The normalized spacial score (nSPS) is 12.0. The van der Waals surface area contributed by atoms with E-state index in [0.29, 0.717) is 29.7 Å². The minimum absolute atomic E-state index is 0.345. The Balaban J connectivity index is 1.62. The molecule has 0 saturated carbocycles. The molecule has 0 fully saturated rings. The molecular formula is C22H20BrCl2NO2. The molecule has 2 N–H and O–H groups in total. The van der Waals surface area contributed by atoms with Crippen molar-refractivity contribution in [2.75, 3.05) is 6.54 Å². The van der Waals surface area contributed by atoms with Crippen molar-refractivity contribution >= 4 is 39.1 Å². The summed E-state index contributed by atoms with van der Waals surface area (Å²) >= 11 is 15.7. The lowest BCUT2D eigenvalue weighted by Crippen LogP contribution is -2.21. The number of hydrogen-bond acceptors (Lipinski definition) is 3. The second-order valence-electron chi connectivity index (χ2n) is 6.33. The predicted octanol–water partition coefficient (Wildman–Crippen LogP) is 6.16. The predicted molar refractivity (Wildman–Crippen MR) is 118 cm³/mol. The second-order valence-corrected chi connectivity index (χ2v) is 8.09. The van der Waals surface area contributed by atoms with Crippen LogP contribution in [0.3, 0.4) is 0 Å². The summed E-state index contributed by atoms with van der Waals surface area (Å²) in [5.41, 5.74) is 2.74. The van der Waals surface area contributed by atoms with Gasteiger partial charge in [0.15, 0.2) is 0 Å². The lowest BCUT2D eigenvalue weighted by atomic mass is 10.1. The molecule has 0 amide bonds. The van der Waals surface area contributed by atoms with Crippen LogP contribution in [-0.4, -0.2) is 11.7 Å². The van der Waals surface area contributed by atoms with Gasteiger partial charge in [-0.05, 0) is 35.9 Å². The van der Waals surface area contributed by atoms with Crippen LogP contribution in [0, 0.1) is 0 Å². The number of ether oxygens (including phenoxy) is 1. The van der Waals surface area contributed by atoms with Gasteiger partial charge in [0.05, 0.1) is 6.10 Å². The Hall–Kier alpha value is -1.56. The Labute approximate surface area is 183 Å². The molecular weight excluding hydrogens is 461 g/mol. The van der Waals surface area contributed by atoms with Crippen molar-refractivity contribution in [3.8, 4) is 5.75 Å². The van der Waals surface area contributed by atoms with E-state index in [9.17, 15) is 5.11 Å². The molecule has 0 aromatic heterocycles. The van der Waals surface area contributed by atoms with Crippen LogP contribution in [0.5, 0.6) is 5.75 Å². The molecule has 0 radical (unpaired) electrons. The number of aliphatic hydroxyl groups is 1. The molecule has 0 unspecified atom stereocenters. The van der Waals surface area contributed by atoms with Gasteiger partial charge in [-0.15, -0.1) is 0 Å². The third-order valence-corrected chi connectivity index (χ3v) is 5.34. The van der Waals surface area contributed by atoms with Crippen LogP contribution in [0.15, 0.2) is 71.2 Å². The van der Waals surface area contributed by atoms with E-state index >= 15 is 0 Å². The van der Waals surface area contributed by atoms with Crippen molar-refractivity contribution in [3.63, 3.8) is 0 Å². The van der Waals surface area contributed by atoms with Gasteiger partial charge in [0.1, 0.15) is 12.4 Å².